The van der Waals surface area contributed by atoms with Crippen molar-refractivity contribution in [3.8, 4) is 6.07 Å². The van der Waals surface area contributed by atoms with Crippen LogP contribution in [0.25, 0.3) is 0 Å². The van der Waals surface area contributed by atoms with E-state index >= 15 is 0 Å². The fourth-order valence-electron chi connectivity index (χ4n) is 4.34. The number of carbonyl (C=O) groups excluding carboxylic acids is 1. The number of para-hydroxylation sites is 1. The Morgan fingerprint density at radius 1 is 1.10 bits per heavy atom. The summed E-state index contributed by atoms with van der Waals surface area (Å²) < 4.78 is 0. The molecule has 0 radical (unpaired) electrons. The Bertz CT molecular complexity index is 894. The van der Waals surface area contributed by atoms with Crippen LogP contribution in [0.15, 0.2) is 30.3 Å². The van der Waals surface area contributed by atoms with Crippen LogP contribution in [0.2, 0.25) is 0 Å². The summed E-state index contributed by atoms with van der Waals surface area (Å²) in [6.07, 6.45) is 5.52. The average Bonchev–Trinajstić information content (AvgIpc) is 2.92. The number of fused-ring (bicyclic) bond motifs is 1. The zero-order chi connectivity index (χ0) is 20.2. The van der Waals surface area contributed by atoms with E-state index in [0.29, 0.717) is 5.56 Å². The maximum atomic E-state index is 12.9. The van der Waals surface area contributed by atoms with Gasteiger partial charge in [-0.2, -0.15) is 5.26 Å². The van der Waals surface area contributed by atoms with Crippen LogP contribution >= 0.6 is 11.3 Å². The van der Waals surface area contributed by atoms with E-state index in [2.05, 4.69) is 45.5 Å². The van der Waals surface area contributed by atoms with Crippen LogP contribution in [0.4, 0.5) is 10.7 Å². The first-order chi connectivity index (χ1) is 14.2. The molecular weight excluding hydrogens is 380 g/mol. The summed E-state index contributed by atoms with van der Waals surface area (Å²) in [5, 5.41) is 13.5. The van der Waals surface area contributed by atoms with E-state index in [1.165, 1.54) is 29.0 Å². The smallest absolute Gasteiger partial charge is 0.242 e. The lowest BCUT2D eigenvalue weighted by molar-refractivity contribution is -0.120. The standard InChI is InChI=1S/C23H28N4OS/c1-17(26-12-14-27(15-13-26)18-8-4-2-5-9-18)22(28)25-23-20(16-24)19-10-6-3-7-11-21(19)29-23/h2,4-5,8-9,17H,3,6-7,10-15H2,1H3,(H,25,28)/t17-/m1/s1. The summed E-state index contributed by atoms with van der Waals surface area (Å²) in [4.78, 5) is 18.8. The Morgan fingerprint density at radius 2 is 1.83 bits per heavy atom. The molecule has 152 valence electrons. The van der Waals surface area contributed by atoms with Crippen molar-refractivity contribution in [3.05, 3.63) is 46.3 Å². The normalized spacial score (nSPS) is 18.4. The first kappa shape index (κ1) is 19.9. The van der Waals surface area contributed by atoms with E-state index in [0.717, 1.165) is 50.4 Å². The molecule has 1 atom stereocenters. The molecule has 1 saturated heterocycles. The number of anilines is 2. The summed E-state index contributed by atoms with van der Waals surface area (Å²) in [7, 11) is 0. The largest absolute Gasteiger partial charge is 0.369 e. The molecule has 0 spiro atoms. The van der Waals surface area contributed by atoms with Gasteiger partial charge in [0.1, 0.15) is 11.1 Å². The van der Waals surface area contributed by atoms with Gasteiger partial charge in [-0.25, -0.2) is 0 Å². The Hall–Kier alpha value is -2.36. The van der Waals surface area contributed by atoms with Crippen molar-refractivity contribution in [2.75, 3.05) is 36.4 Å². The third-order valence-electron chi connectivity index (χ3n) is 6.13. The van der Waals surface area contributed by atoms with Gasteiger partial charge in [-0.05, 0) is 50.3 Å². The molecule has 1 N–H and O–H groups in total. The van der Waals surface area contributed by atoms with Crippen molar-refractivity contribution in [3.63, 3.8) is 0 Å². The second kappa shape index (κ2) is 8.98. The Balaban J connectivity index is 1.39. The van der Waals surface area contributed by atoms with Crippen molar-refractivity contribution in [1.82, 2.24) is 4.90 Å². The molecule has 29 heavy (non-hydrogen) atoms. The number of benzene rings is 1. The van der Waals surface area contributed by atoms with Gasteiger partial charge in [-0.15, -0.1) is 11.3 Å². The average molecular weight is 409 g/mol. The number of rotatable bonds is 4. The van der Waals surface area contributed by atoms with Gasteiger partial charge >= 0.3 is 0 Å². The minimum Gasteiger partial charge on any atom is -0.369 e. The summed E-state index contributed by atoms with van der Waals surface area (Å²) in [5.74, 6) is -0.00827. The van der Waals surface area contributed by atoms with Gasteiger partial charge in [-0.3, -0.25) is 9.69 Å². The number of hydrogen-bond acceptors (Lipinski definition) is 5. The number of nitrogens with one attached hydrogen (secondary N) is 1. The lowest BCUT2D eigenvalue weighted by atomic mass is 10.1. The topological polar surface area (TPSA) is 59.4 Å². The predicted molar refractivity (Wildman–Crippen MR) is 119 cm³/mol. The number of nitriles is 1. The molecule has 1 fully saturated rings. The summed E-state index contributed by atoms with van der Waals surface area (Å²) in [5.41, 5.74) is 3.11. The van der Waals surface area contributed by atoms with Gasteiger partial charge < -0.3 is 10.2 Å². The van der Waals surface area contributed by atoms with Gasteiger partial charge in [-0.1, -0.05) is 24.6 Å². The first-order valence-electron chi connectivity index (χ1n) is 10.6. The number of aryl methyl sites for hydroxylation is 1. The summed E-state index contributed by atoms with van der Waals surface area (Å²) >= 11 is 1.61. The highest BCUT2D eigenvalue weighted by atomic mass is 32.1. The molecule has 0 saturated carbocycles. The number of hydrogen-bond donors (Lipinski definition) is 1. The van der Waals surface area contributed by atoms with Gasteiger partial charge in [0, 0.05) is 36.7 Å². The van der Waals surface area contributed by atoms with E-state index in [1.54, 1.807) is 11.3 Å². The highest BCUT2D eigenvalue weighted by Gasteiger charge is 2.28. The molecule has 4 rings (SSSR count). The SMILES string of the molecule is C[C@H](C(=O)Nc1sc2c(c1C#N)CCCCC2)N1CCN(c2ccccc2)CC1. The Kier molecular flexibility index (Phi) is 6.17. The van der Waals surface area contributed by atoms with E-state index in [-0.39, 0.29) is 11.9 Å². The lowest BCUT2D eigenvalue weighted by Gasteiger charge is -2.38. The number of amides is 1. The number of thiophene rings is 1. The van der Waals surface area contributed by atoms with Gasteiger partial charge in [0.2, 0.25) is 5.91 Å². The summed E-state index contributed by atoms with van der Waals surface area (Å²) in [6.45, 7) is 5.51. The number of carbonyl (C=O) groups is 1. The van der Waals surface area contributed by atoms with Gasteiger partial charge in [0.05, 0.1) is 11.6 Å². The quantitative estimate of drug-likeness (QED) is 0.776. The third kappa shape index (κ3) is 4.31. The molecule has 1 aromatic heterocycles. The highest BCUT2D eigenvalue weighted by molar-refractivity contribution is 7.16. The van der Waals surface area contributed by atoms with Crippen LogP contribution in [-0.4, -0.2) is 43.0 Å². The fraction of sp³-hybridized carbons (Fsp3) is 0.478. The molecule has 2 aliphatic rings. The zero-order valence-corrected chi connectivity index (χ0v) is 17.8. The first-order valence-corrected chi connectivity index (χ1v) is 11.4. The second-order valence-corrected chi connectivity index (χ2v) is 9.01. The highest BCUT2D eigenvalue weighted by Crippen LogP contribution is 2.37. The molecule has 1 aromatic carbocycles. The molecule has 2 aromatic rings. The van der Waals surface area contributed by atoms with Crippen molar-refractivity contribution >= 4 is 27.9 Å². The van der Waals surface area contributed by atoms with Gasteiger partial charge in [0.25, 0.3) is 0 Å². The van der Waals surface area contributed by atoms with Crippen LogP contribution in [0.1, 0.15) is 42.2 Å². The molecule has 5 nitrogen and oxygen atoms in total. The Morgan fingerprint density at radius 3 is 2.55 bits per heavy atom. The maximum absolute atomic E-state index is 12.9. The second-order valence-electron chi connectivity index (χ2n) is 7.90. The predicted octanol–water partition coefficient (Wildman–Crippen LogP) is 4.04. The van der Waals surface area contributed by atoms with Crippen LogP contribution in [-0.2, 0) is 17.6 Å². The van der Waals surface area contributed by atoms with E-state index in [4.69, 9.17) is 0 Å². The molecular formula is C23H28N4OS. The molecule has 2 heterocycles. The lowest BCUT2D eigenvalue weighted by Crippen LogP contribution is -2.52. The maximum Gasteiger partial charge on any atom is 0.242 e. The molecule has 6 heteroatoms. The van der Waals surface area contributed by atoms with Crippen molar-refractivity contribution in [2.24, 2.45) is 0 Å². The Labute approximate surface area is 176 Å². The van der Waals surface area contributed by atoms with Crippen molar-refractivity contribution in [2.45, 2.75) is 45.1 Å². The fourth-order valence-corrected chi connectivity index (χ4v) is 5.58. The summed E-state index contributed by atoms with van der Waals surface area (Å²) in [6, 6.07) is 12.6. The van der Waals surface area contributed by atoms with E-state index in [1.807, 2.05) is 13.0 Å². The molecule has 1 aliphatic heterocycles. The molecule has 1 aliphatic carbocycles. The monoisotopic (exact) mass is 408 g/mol. The molecule has 1 amide bonds. The number of nitrogens with zero attached hydrogens (tertiary/aromatic N) is 3. The third-order valence-corrected chi connectivity index (χ3v) is 7.34. The minimum atomic E-state index is -0.207. The van der Waals surface area contributed by atoms with Crippen LogP contribution in [0.3, 0.4) is 0 Å². The number of piperazine rings is 1. The van der Waals surface area contributed by atoms with E-state index < -0.39 is 0 Å². The molecule has 0 bridgehead atoms. The van der Waals surface area contributed by atoms with Crippen LogP contribution < -0.4 is 10.2 Å². The zero-order valence-electron chi connectivity index (χ0n) is 17.0. The minimum absolute atomic E-state index is 0.00827. The van der Waals surface area contributed by atoms with Crippen LogP contribution in [0.5, 0.6) is 0 Å². The van der Waals surface area contributed by atoms with Crippen LogP contribution in [0, 0.1) is 11.3 Å². The van der Waals surface area contributed by atoms with Crippen molar-refractivity contribution < 1.29 is 4.79 Å². The van der Waals surface area contributed by atoms with Gasteiger partial charge in [0.15, 0.2) is 0 Å². The van der Waals surface area contributed by atoms with E-state index in [9.17, 15) is 10.1 Å². The van der Waals surface area contributed by atoms with Crippen molar-refractivity contribution in [1.29, 1.82) is 5.26 Å². The molecule has 0 unspecified atom stereocenters.